The zero-order valence-corrected chi connectivity index (χ0v) is 18.5. The maximum atomic E-state index is 12.3. The van der Waals surface area contributed by atoms with Gasteiger partial charge in [-0.15, -0.1) is 12.4 Å². The molecule has 1 amide bonds. The van der Waals surface area contributed by atoms with E-state index < -0.39 is 10.0 Å². The summed E-state index contributed by atoms with van der Waals surface area (Å²) < 4.78 is 27.6. The molecule has 2 aromatic rings. The van der Waals surface area contributed by atoms with Crippen LogP contribution in [0.15, 0.2) is 23.1 Å². The summed E-state index contributed by atoms with van der Waals surface area (Å²) in [7, 11) is 1.37. The smallest absolute Gasteiger partial charge is 0.242 e. The van der Waals surface area contributed by atoms with Gasteiger partial charge in [0.25, 0.3) is 0 Å². The summed E-state index contributed by atoms with van der Waals surface area (Å²) in [4.78, 5) is 16.7. The van der Waals surface area contributed by atoms with Gasteiger partial charge in [-0.25, -0.2) is 17.7 Å². The molecule has 8 nitrogen and oxygen atoms in total. The molecule has 1 aromatic carbocycles. The fourth-order valence-corrected chi connectivity index (χ4v) is 3.65. The van der Waals surface area contributed by atoms with Crippen molar-refractivity contribution in [3.05, 3.63) is 24.0 Å². The molecule has 1 aromatic heterocycles. The number of aromatic nitrogens is 2. The number of nitrogens with one attached hydrogen (secondary N) is 2. The molecule has 0 spiro atoms. The van der Waals surface area contributed by atoms with Crippen molar-refractivity contribution in [2.24, 2.45) is 7.05 Å². The maximum Gasteiger partial charge on any atom is 0.242 e. The summed E-state index contributed by atoms with van der Waals surface area (Å²) in [5, 5.41) is 6.12. The normalized spacial score (nSPS) is 11.6. The van der Waals surface area contributed by atoms with E-state index in [-0.39, 0.29) is 23.2 Å². The number of carbonyl (C=O) groups excluding carboxylic acids is 1. The van der Waals surface area contributed by atoms with Crippen molar-refractivity contribution in [1.29, 1.82) is 0 Å². The van der Waals surface area contributed by atoms with E-state index in [1.807, 2.05) is 11.6 Å². The highest BCUT2D eigenvalue weighted by Crippen LogP contribution is 2.21. The van der Waals surface area contributed by atoms with E-state index in [2.05, 4.69) is 22.5 Å². The number of aryl methyl sites for hydroxylation is 2. The predicted octanol–water partition coefficient (Wildman–Crippen LogP) is 1.29. The lowest BCUT2D eigenvalue weighted by molar-refractivity contribution is -0.121. The Morgan fingerprint density at radius 3 is 2.57 bits per heavy atom. The second kappa shape index (κ2) is 10.8. The summed E-state index contributed by atoms with van der Waals surface area (Å²) in [6, 6.07) is 4.91. The van der Waals surface area contributed by atoms with Crippen LogP contribution in [0.1, 0.15) is 25.6 Å². The van der Waals surface area contributed by atoms with Gasteiger partial charge in [-0.2, -0.15) is 0 Å². The van der Waals surface area contributed by atoms with Crippen molar-refractivity contribution in [3.63, 3.8) is 0 Å². The van der Waals surface area contributed by atoms with Gasteiger partial charge < -0.3 is 15.2 Å². The Kier molecular flexibility index (Phi) is 9.35. The molecule has 0 aliphatic carbocycles. The fourth-order valence-electron chi connectivity index (χ4n) is 2.73. The van der Waals surface area contributed by atoms with E-state index in [1.165, 1.54) is 18.4 Å². The Morgan fingerprint density at radius 2 is 1.93 bits per heavy atom. The Balaban J connectivity index is 0.00000392. The highest BCUT2D eigenvalue weighted by molar-refractivity contribution is 7.89. The first kappa shape index (κ1) is 24.4. The number of nitrogens with zero attached hydrogens (tertiary/aromatic N) is 3. The number of imidazole rings is 1. The first-order valence-electron chi connectivity index (χ1n) is 9.12. The molecule has 2 N–H and O–H groups in total. The average Bonchev–Trinajstić information content (AvgIpc) is 2.95. The fraction of sp³-hybridized carbons (Fsp3) is 0.556. The van der Waals surface area contributed by atoms with Gasteiger partial charge in [0.1, 0.15) is 5.82 Å². The third-order valence-corrected chi connectivity index (χ3v) is 6.16. The zero-order chi connectivity index (χ0) is 20.0. The van der Waals surface area contributed by atoms with Crippen LogP contribution in [0.4, 0.5) is 0 Å². The van der Waals surface area contributed by atoms with Gasteiger partial charge in [0.15, 0.2) is 0 Å². The summed E-state index contributed by atoms with van der Waals surface area (Å²) in [5.74, 6) is 0.736. The van der Waals surface area contributed by atoms with Gasteiger partial charge in [0.2, 0.25) is 15.9 Å². The Hall–Kier alpha value is -1.68. The summed E-state index contributed by atoms with van der Waals surface area (Å²) >= 11 is 0. The van der Waals surface area contributed by atoms with E-state index in [0.29, 0.717) is 24.9 Å². The summed E-state index contributed by atoms with van der Waals surface area (Å²) in [6.07, 6.45) is 1.90. The number of amides is 1. The lowest BCUT2D eigenvalue weighted by Crippen LogP contribution is -2.32. The van der Waals surface area contributed by atoms with Crippen LogP contribution in [0.2, 0.25) is 0 Å². The van der Waals surface area contributed by atoms with E-state index in [9.17, 15) is 13.2 Å². The number of sulfonamides is 1. The van der Waals surface area contributed by atoms with Crippen LogP contribution in [0.3, 0.4) is 0 Å². The molecule has 0 atom stereocenters. The van der Waals surface area contributed by atoms with Crippen molar-refractivity contribution < 1.29 is 13.2 Å². The van der Waals surface area contributed by atoms with Crippen LogP contribution in [0.5, 0.6) is 0 Å². The molecule has 0 saturated heterocycles. The number of fused-ring (bicyclic) bond motifs is 1. The highest BCUT2D eigenvalue weighted by Gasteiger charge is 2.19. The molecule has 0 aliphatic rings. The largest absolute Gasteiger partial charge is 0.355 e. The monoisotopic (exact) mass is 431 g/mol. The molecule has 0 bridgehead atoms. The Bertz CT molecular complexity index is 896. The van der Waals surface area contributed by atoms with Gasteiger partial charge in [-0.1, -0.05) is 6.92 Å². The number of carbonyl (C=O) groups is 1. The first-order chi connectivity index (χ1) is 12.8. The molecule has 2 rings (SSSR count). The number of benzene rings is 1. The topological polar surface area (TPSA) is 96.3 Å². The minimum absolute atomic E-state index is 0. The molecule has 0 fully saturated rings. The number of rotatable bonds is 10. The van der Waals surface area contributed by atoms with Crippen LogP contribution < -0.4 is 10.6 Å². The molecule has 0 saturated carbocycles. The average molecular weight is 432 g/mol. The SMILES string of the molecule is CCCNCCNC(=O)CCc1nc2cc(S(=O)(=O)N(C)C)ccc2n1C.Cl. The number of hydrogen-bond acceptors (Lipinski definition) is 5. The predicted molar refractivity (Wildman–Crippen MR) is 113 cm³/mol. The van der Waals surface area contributed by atoms with Crippen LogP contribution in [0, 0.1) is 0 Å². The van der Waals surface area contributed by atoms with E-state index in [1.54, 1.807) is 18.2 Å². The van der Waals surface area contributed by atoms with Gasteiger partial charge in [0, 0.05) is 47.1 Å². The lowest BCUT2D eigenvalue weighted by Gasteiger charge is -2.10. The molecule has 0 unspecified atom stereocenters. The third-order valence-electron chi connectivity index (χ3n) is 4.35. The third kappa shape index (κ3) is 5.91. The van der Waals surface area contributed by atoms with Crippen LogP contribution in [0.25, 0.3) is 11.0 Å². The van der Waals surface area contributed by atoms with Crippen molar-refractivity contribution in [1.82, 2.24) is 24.5 Å². The molecule has 0 aliphatic heterocycles. The van der Waals surface area contributed by atoms with Crippen molar-refractivity contribution in [3.8, 4) is 0 Å². The molecule has 0 radical (unpaired) electrons. The highest BCUT2D eigenvalue weighted by atomic mass is 35.5. The molecule has 158 valence electrons. The van der Waals surface area contributed by atoms with Gasteiger partial charge in [-0.3, -0.25) is 4.79 Å². The maximum absolute atomic E-state index is 12.3. The van der Waals surface area contributed by atoms with E-state index in [4.69, 9.17) is 0 Å². The molecular weight excluding hydrogens is 402 g/mol. The van der Waals surface area contributed by atoms with Crippen LogP contribution >= 0.6 is 12.4 Å². The van der Waals surface area contributed by atoms with Crippen molar-refractivity contribution in [2.45, 2.75) is 31.1 Å². The molecule has 10 heteroatoms. The van der Waals surface area contributed by atoms with Gasteiger partial charge >= 0.3 is 0 Å². The van der Waals surface area contributed by atoms with Crippen molar-refractivity contribution >= 4 is 39.4 Å². The lowest BCUT2D eigenvalue weighted by atomic mass is 10.3. The Labute approximate surface area is 173 Å². The Morgan fingerprint density at radius 1 is 1.21 bits per heavy atom. The second-order valence-corrected chi connectivity index (χ2v) is 8.78. The summed E-state index contributed by atoms with van der Waals surface area (Å²) in [5.41, 5.74) is 1.45. The molecule has 28 heavy (non-hydrogen) atoms. The minimum Gasteiger partial charge on any atom is -0.355 e. The standard InChI is InChI=1S/C18H29N5O3S.ClH/c1-5-10-19-11-12-20-18(24)9-8-17-21-15-13-14(27(25,26)22(2)3)6-7-16(15)23(17)4;/h6-7,13,19H,5,8-12H2,1-4H3,(H,20,24);1H. The second-order valence-electron chi connectivity index (χ2n) is 6.62. The molecule has 1 heterocycles. The number of halogens is 1. The van der Waals surface area contributed by atoms with Crippen LogP contribution in [-0.2, 0) is 28.3 Å². The quantitative estimate of drug-likeness (QED) is 0.552. The first-order valence-corrected chi connectivity index (χ1v) is 10.6. The van der Waals surface area contributed by atoms with Crippen molar-refractivity contribution in [2.75, 3.05) is 33.7 Å². The molecular formula is C18H30ClN5O3S. The number of hydrogen-bond donors (Lipinski definition) is 2. The van der Waals surface area contributed by atoms with E-state index >= 15 is 0 Å². The zero-order valence-electron chi connectivity index (χ0n) is 16.9. The van der Waals surface area contributed by atoms with Crippen LogP contribution in [-0.4, -0.2) is 61.9 Å². The minimum atomic E-state index is -3.50. The van der Waals surface area contributed by atoms with Gasteiger partial charge in [-0.05, 0) is 31.2 Å². The summed E-state index contributed by atoms with van der Waals surface area (Å²) in [6.45, 7) is 4.41. The van der Waals surface area contributed by atoms with Gasteiger partial charge in [0.05, 0.1) is 15.9 Å². The van der Waals surface area contributed by atoms with E-state index in [0.717, 1.165) is 30.9 Å².